The predicted octanol–water partition coefficient (Wildman–Crippen LogP) is 2.45. The van der Waals surface area contributed by atoms with Crippen molar-refractivity contribution in [1.82, 2.24) is 4.98 Å². The molecular formula is C12H10FN3O3. The molecule has 98 valence electrons. The van der Waals surface area contributed by atoms with Crippen LogP contribution in [0, 0.1) is 15.9 Å². The fourth-order valence-electron chi connectivity index (χ4n) is 1.47. The number of hydrogen-bond donors (Lipinski definition) is 2. The van der Waals surface area contributed by atoms with Gasteiger partial charge in [-0.05, 0) is 18.2 Å². The monoisotopic (exact) mass is 263 g/mol. The lowest BCUT2D eigenvalue weighted by Crippen LogP contribution is -2.03. The number of non-ortho nitro benzene ring substituents is 1. The molecule has 0 spiro atoms. The van der Waals surface area contributed by atoms with Gasteiger partial charge in [0.25, 0.3) is 5.69 Å². The molecule has 2 aromatic rings. The molecule has 1 aromatic carbocycles. The third-order valence-electron chi connectivity index (χ3n) is 2.43. The molecule has 0 aliphatic carbocycles. The van der Waals surface area contributed by atoms with E-state index in [0.29, 0.717) is 5.69 Å². The van der Waals surface area contributed by atoms with E-state index in [0.717, 1.165) is 18.2 Å². The molecule has 0 atom stereocenters. The zero-order valence-corrected chi connectivity index (χ0v) is 9.71. The first-order valence-corrected chi connectivity index (χ1v) is 5.38. The second kappa shape index (κ2) is 5.30. The van der Waals surface area contributed by atoms with Gasteiger partial charge in [-0.3, -0.25) is 15.1 Å². The van der Waals surface area contributed by atoms with Crippen LogP contribution in [-0.2, 0) is 6.54 Å². The molecule has 2 rings (SSSR count). The fraction of sp³-hybridized carbons (Fsp3) is 0.0833. The topological polar surface area (TPSA) is 88.3 Å². The number of nitrogens with one attached hydrogen (secondary N) is 1. The van der Waals surface area contributed by atoms with Crippen molar-refractivity contribution in [2.75, 3.05) is 5.32 Å². The molecule has 0 aliphatic heterocycles. The van der Waals surface area contributed by atoms with Crippen LogP contribution >= 0.6 is 0 Å². The van der Waals surface area contributed by atoms with Gasteiger partial charge in [0, 0.05) is 12.1 Å². The van der Waals surface area contributed by atoms with E-state index in [-0.39, 0.29) is 23.7 Å². The summed E-state index contributed by atoms with van der Waals surface area (Å²) in [5.41, 5.74) is 0.412. The van der Waals surface area contributed by atoms with Gasteiger partial charge in [0.05, 0.1) is 29.0 Å². The number of nitro groups is 1. The number of pyridine rings is 1. The number of hydrogen-bond acceptors (Lipinski definition) is 5. The molecule has 0 bridgehead atoms. The van der Waals surface area contributed by atoms with Gasteiger partial charge in [0.1, 0.15) is 11.6 Å². The van der Waals surface area contributed by atoms with Gasteiger partial charge < -0.3 is 10.4 Å². The molecule has 0 saturated carbocycles. The standard InChI is InChI=1S/C12H10FN3O3/c13-11-4-2-9(16(18)19)5-12(11)15-6-8-1-3-10(17)7-14-8/h1-5,7,15,17H,6H2. The summed E-state index contributed by atoms with van der Waals surface area (Å²) in [6, 6.07) is 6.27. The molecule has 19 heavy (non-hydrogen) atoms. The van der Waals surface area contributed by atoms with Crippen LogP contribution in [0.4, 0.5) is 15.8 Å². The van der Waals surface area contributed by atoms with Gasteiger partial charge in [-0.2, -0.15) is 0 Å². The number of nitro benzene ring substituents is 1. The number of nitrogens with zero attached hydrogens (tertiary/aromatic N) is 2. The molecule has 7 heteroatoms. The Morgan fingerprint density at radius 2 is 2.16 bits per heavy atom. The zero-order valence-electron chi connectivity index (χ0n) is 9.71. The minimum absolute atomic E-state index is 0.0316. The number of aromatic hydroxyl groups is 1. The Hall–Kier alpha value is -2.70. The van der Waals surface area contributed by atoms with Gasteiger partial charge >= 0.3 is 0 Å². The van der Waals surface area contributed by atoms with Crippen molar-refractivity contribution in [3.63, 3.8) is 0 Å². The molecule has 1 aromatic heterocycles. The number of rotatable bonds is 4. The number of anilines is 1. The van der Waals surface area contributed by atoms with Gasteiger partial charge in [0.2, 0.25) is 0 Å². The molecule has 0 radical (unpaired) electrons. The Morgan fingerprint density at radius 1 is 1.37 bits per heavy atom. The van der Waals surface area contributed by atoms with Crippen LogP contribution in [0.5, 0.6) is 5.75 Å². The highest BCUT2D eigenvalue weighted by Gasteiger charge is 2.10. The maximum absolute atomic E-state index is 13.5. The number of benzene rings is 1. The smallest absolute Gasteiger partial charge is 0.271 e. The average molecular weight is 263 g/mol. The van der Waals surface area contributed by atoms with Crippen molar-refractivity contribution in [2.24, 2.45) is 0 Å². The summed E-state index contributed by atoms with van der Waals surface area (Å²) in [4.78, 5) is 13.9. The summed E-state index contributed by atoms with van der Waals surface area (Å²) < 4.78 is 13.5. The molecule has 0 fully saturated rings. The normalized spacial score (nSPS) is 10.2. The first-order chi connectivity index (χ1) is 9.06. The summed E-state index contributed by atoms with van der Waals surface area (Å²) in [5, 5.41) is 22.4. The van der Waals surface area contributed by atoms with Crippen molar-refractivity contribution in [3.05, 3.63) is 58.2 Å². The Kier molecular flexibility index (Phi) is 3.56. The third kappa shape index (κ3) is 3.15. The SMILES string of the molecule is O=[N+]([O-])c1ccc(F)c(NCc2ccc(O)cn2)c1. The summed E-state index contributed by atoms with van der Waals surface area (Å²) >= 11 is 0. The van der Waals surface area contributed by atoms with E-state index in [2.05, 4.69) is 10.3 Å². The Bertz CT molecular complexity index is 602. The highest BCUT2D eigenvalue weighted by atomic mass is 19.1. The van der Waals surface area contributed by atoms with Crippen LogP contribution < -0.4 is 5.32 Å². The zero-order chi connectivity index (χ0) is 13.8. The van der Waals surface area contributed by atoms with Crippen molar-refractivity contribution >= 4 is 11.4 Å². The van der Waals surface area contributed by atoms with E-state index in [1.807, 2.05) is 0 Å². The third-order valence-corrected chi connectivity index (χ3v) is 2.43. The first kappa shape index (κ1) is 12.7. The van der Waals surface area contributed by atoms with E-state index in [1.165, 1.54) is 12.3 Å². The minimum atomic E-state index is -0.594. The highest BCUT2D eigenvalue weighted by Crippen LogP contribution is 2.21. The summed E-state index contributed by atoms with van der Waals surface area (Å²) in [5.74, 6) is -0.547. The van der Waals surface area contributed by atoms with Crippen molar-refractivity contribution in [1.29, 1.82) is 0 Å². The lowest BCUT2D eigenvalue weighted by molar-refractivity contribution is -0.384. The molecule has 0 aliphatic rings. The van der Waals surface area contributed by atoms with Gasteiger partial charge in [-0.15, -0.1) is 0 Å². The molecule has 1 heterocycles. The fourth-order valence-corrected chi connectivity index (χ4v) is 1.47. The van der Waals surface area contributed by atoms with Crippen LogP contribution in [0.3, 0.4) is 0 Å². The average Bonchev–Trinajstić information content (AvgIpc) is 2.39. The second-order valence-electron chi connectivity index (χ2n) is 3.78. The Morgan fingerprint density at radius 3 is 2.79 bits per heavy atom. The quantitative estimate of drug-likeness (QED) is 0.653. The first-order valence-electron chi connectivity index (χ1n) is 5.38. The molecule has 0 unspecified atom stereocenters. The summed E-state index contributed by atoms with van der Waals surface area (Å²) in [6.45, 7) is 0.193. The lowest BCUT2D eigenvalue weighted by Gasteiger charge is -2.07. The van der Waals surface area contributed by atoms with E-state index < -0.39 is 10.7 Å². The van der Waals surface area contributed by atoms with E-state index >= 15 is 0 Å². The van der Waals surface area contributed by atoms with Crippen molar-refractivity contribution in [3.8, 4) is 5.75 Å². The van der Waals surface area contributed by atoms with Crippen molar-refractivity contribution in [2.45, 2.75) is 6.54 Å². The van der Waals surface area contributed by atoms with Crippen molar-refractivity contribution < 1.29 is 14.4 Å². The molecule has 6 nitrogen and oxygen atoms in total. The lowest BCUT2D eigenvalue weighted by atomic mass is 10.2. The van der Waals surface area contributed by atoms with Crippen LogP contribution in [0.1, 0.15) is 5.69 Å². The van der Waals surface area contributed by atoms with Gasteiger partial charge in [-0.1, -0.05) is 0 Å². The maximum atomic E-state index is 13.5. The highest BCUT2D eigenvalue weighted by molar-refractivity contribution is 5.52. The molecule has 2 N–H and O–H groups in total. The van der Waals surface area contributed by atoms with E-state index in [1.54, 1.807) is 6.07 Å². The van der Waals surface area contributed by atoms with E-state index in [4.69, 9.17) is 5.11 Å². The van der Waals surface area contributed by atoms with Gasteiger partial charge in [-0.25, -0.2) is 4.39 Å². The van der Waals surface area contributed by atoms with Crippen LogP contribution in [0.2, 0.25) is 0 Å². The number of halogens is 1. The summed E-state index contributed by atoms with van der Waals surface area (Å²) in [7, 11) is 0. The van der Waals surface area contributed by atoms with Gasteiger partial charge in [0.15, 0.2) is 0 Å². The van der Waals surface area contributed by atoms with E-state index in [9.17, 15) is 14.5 Å². The van der Waals surface area contributed by atoms with Crippen LogP contribution in [0.25, 0.3) is 0 Å². The number of aromatic nitrogens is 1. The summed E-state index contributed by atoms with van der Waals surface area (Å²) in [6.07, 6.45) is 1.26. The maximum Gasteiger partial charge on any atom is 0.271 e. The van der Waals surface area contributed by atoms with Crippen LogP contribution in [0.15, 0.2) is 36.5 Å². The molecule has 0 saturated heterocycles. The largest absolute Gasteiger partial charge is 0.506 e. The molecule has 0 amide bonds. The Labute approximate surface area is 107 Å². The molecular weight excluding hydrogens is 253 g/mol. The predicted molar refractivity (Wildman–Crippen MR) is 66.3 cm³/mol. The second-order valence-corrected chi connectivity index (χ2v) is 3.78. The Balaban J connectivity index is 2.12. The minimum Gasteiger partial charge on any atom is -0.506 e. The van der Waals surface area contributed by atoms with Crippen LogP contribution in [-0.4, -0.2) is 15.0 Å².